The molecule has 2 heterocycles. The molecule has 7 nitrogen and oxygen atoms in total. The fraction of sp³-hybridized carbons (Fsp3) is 0.0769. The standard InChI is InChI=1S/C26H22BrN5O2S/c27-23-18-29-32-25(15-24(31-26(23)32)21-10-3-1-4-11-21)28-16-19-8-7-9-20(14-19)17-30-35(33,34)22-12-5-2-6-13-22/h1-15,18,28,30H,16-17H2. The monoisotopic (exact) mass is 547 g/mol. The van der Waals surface area contributed by atoms with Crippen molar-refractivity contribution in [2.24, 2.45) is 0 Å². The van der Waals surface area contributed by atoms with Gasteiger partial charge in [0.05, 0.1) is 21.3 Å². The Balaban J connectivity index is 1.34. The van der Waals surface area contributed by atoms with Crippen LogP contribution in [0.25, 0.3) is 16.9 Å². The molecule has 9 heteroatoms. The van der Waals surface area contributed by atoms with Crippen molar-refractivity contribution in [3.63, 3.8) is 0 Å². The van der Waals surface area contributed by atoms with Gasteiger partial charge in [-0.25, -0.2) is 18.1 Å². The number of rotatable bonds is 8. The summed E-state index contributed by atoms with van der Waals surface area (Å²) in [6.45, 7) is 0.735. The fourth-order valence-electron chi connectivity index (χ4n) is 3.72. The van der Waals surface area contributed by atoms with E-state index in [0.29, 0.717) is 6.54 Å². The van der Waals surface area contributed by atoms with Gasteiger partial charge in [0, 0.05) is 24.7 Å². The van der Waals surface area contributed by atoms with Crippen molar-refractivity contribution in [1.82, 2.24) is 19.3 Å². The zero-order valence-corrected chi connectivity index (χ0v) is 21.0. The molecule has 0 saturated carbocycles. The van der Waals surface area contributed by atoms with Crippen molar-refractivity contribution in [2.75, 3.05) is 5.32 Å². The quantitative estimate of drug-likeness (QED) is 0.277. The molecular weight excluding hydrogens is 526 g/mol. The number of nitrogens with one attached hydrogen (secondary N) is 2. The summed E-state index contributed by atoms with van der Waals surface area (Å²) in [6.07, 6.45) is 1.72. The van der Waals surface area contributed by atoms with Gasteiger partial charge < -0.3 is 5.32 Å². The lowest BCUT2D eigenvalue weighted by molar-refractivity contribution is 0.581. The van der Waals surface area contributed by atoms with Crippen LogP contribution >= 0.6 is 15.9 Å². The summed E-state index contributed by atoms with van der Waals surface area (Å²) in [5, 5.41) is 7.89. The maximum Gasteiger partial charge on any atom is 0.240 e. The molecule has 0 aliphatic rings. The average molecular weight is 548 g/mol. The third-order valence-corrected chi connectivity index (χ3v) is 7.46. The predicted octanol–water partition coefficient (Wildman–Crippen LogP) is 5.25. The zero-order valence-electron chi connectivity index (χ0n) is 18.6. The van der Waals surface area contributed by atoms with E-state index in [1.54, 1.807) is 41.0 Å². The van der Waals surface area contributed by atoms with Gasteiger partial charge in [0.25, 0.3) is 0 Å². The number of aromatic nitrogens is 3. The largest absolute Gasteiger partial charge is 0.366 e. The summed E-state index contributed by atoms with van der Waals surface area (Å²) < 4.78 is 30.3. The zero-order chi connectivity index (χ0) is 24.3. The average Bonchev–Trinajstić information content (AvgIpc) is 3.28. The van der Waals surface area contributed by atoms with Crippen LogP contribution in [-0.2, 0) is 23.1 Å². The minimum Gasteiger partial charge on any atom is -0.366 e. The van der Waals surface area contributed by atoms with Gasteiger partial charge in [0.15, 0.2) is 5.65 Å². The Morgan fingerprint density at radius 1 is 0.829 bits per heavy atom. The van der Waals surface area contributed by atoms with Crippen molar-refractivity contribution in [3.05, 3.63) is 113 Å². The maximum absolute atomic E-state index is 12.5. The Labute approximate surface area is 212 Å². The first-order chi connectivity index (χ1) is 17.0. The molecule has 5 aromatic rings. The molecule has 0 saturated heterocycles. The second kappa shape index (κ2) is 9.99. The highest BCUT2D eigenvalue weighted by Gasteiger charge is 2.14. The van der Waals surface area contributed by atoms with Gasteiger partial charge in [-0.15, -0.1) is 0 Å². The highest BCUT2D eigenvalue weighted by atomic mass is 79.9. The van der Waals surface area contributed by atoms with Crippen LogP contribution < -0.4 is 10.0 Å². The first-order valence-corrected chi connectivity index (χ1v) is 13.2. The normalized spacial score (nSPS) is 11.6. The van der Waals surface area contributed by atoms with E-state index < -0.39 is 10.0 Å². The van der Waals surface area contributed by atoms with Crippen LogP contribution in [0.15, 0.2) is 107 Å². The van der Waals surface area contributed by atoms with Gasteiger partial charge in [-0.1, -0.05) is 72.8 Å². The molecule has 5 rings (SSSR count). The first-order valence-electron chi connectivity index (χ1n) is 11.0. The van der Waals surface area contributed by atoms with Crippen molar-refractivity contribution in [2.45, 2.75) is 18.0 Å². The van der Waals surface area contributed by atoms with Gasteiger partial charge in [0.2, 0.25) is 10.0 Å². The number of hydrogen-bond acceptors (Lipinski definition) is 5. The second-order valence-corrected chi connectivity index (χ2v) is 10.6. The molecule has 3 aromatic carbocycles. The SMILES string of the molecule is O=S(=O)(NCc1cccc(CNc2cc(-c3ccccc3)nc3c(Br)cnn23)c1)c1ccccc1. The van der Waals surface area contributed by atoms with Crippen molar-refractivity contribution < 1.29 is 8.42 Å². The van der Waals surface area contributed by atoms with Gasteiger partial charge in [-0.3, -0.25) is 0 Å². The van der Waals surface area contributed by atoms with E-state index in [-0.39, 0.29) is 11.4 Å². The van der Waals surface area contributed by atoms with Crippen molar-refractivity contribution in [3.8, 4) is 11.3 Å². The third-order valence-electron chi connectivity index (χ3n) is 5.48. The molecular formula is C26H22BrN5O2S. The highest BCUT2D eigenvalue weighted by molar-refractivity contribution is 9.10. The van der Waals surface area contributed by atoms with Crippen LogP contribution in [0, 0.1) is 0 Å². The van der Waals surface area contributed by atoms with E-state index in [4.69, 9.17) is 4.98 Å². The number of fused-ring (bicyclic) bond motifs is 1. The summed E-state index contributed by atoms with van der Waals surface area (Å²) in [5.41, 5.74) is 4.46. The minimum atomic E-state index is -3.57. The number of benzene rings is 3. The molecule has 2 N–H and O–H groups in total. The van der Waals surface area contributed by atoms with E-state index in [2.05, 4.69) is 31.1 Å². The predicted molar refractivity (Wildman–Crippen MR) is 140 cm³/mol. The van der Waals surface area contributed by atoms with Crippen LogP contribution in [0.4, 0.5) is 5.82 Å². The Kier molecular flexibility index (Phi) is 6.63. The van der Waals surface area contributed by atoms with Gasteiger partial charge in [-0.2, -0.15) is 9.61 Å². The van der Waals surface area contributed by atoms with Crippen LogP contribution in [0.2, 0.25) is 0 Å². The molecule has 35 heavy (non-hydrogen) atoms. The molecule has 0 atom stereocenters. The third kappa shape index (κ3) is 5.27. The van der Waals surface area contributed by atoms with E-state index in [1.165, 1.54) is 0 Å². The van der Waals surface area contributed by atoms with E-state index in [0.717, 1.165) is 38.3 Å². The smallest absolute Gasteiger partial charge is 0.240 e. The summed E-state index contributed by atoms with van der Waals surface area (Å²) in [6, 6.07) is 28.1. The molecule has 2 aromatic heterocycles. The second-order valence-electron chi connectivity index (χ2n) is 7.93. The molecule has 0 fully saturated rings. The Morgan fingerprint density at radius 3 is 2.26 bits per heavy atom. The van der Waals surface area contributed by atoms with Crippen LogP contribution in [0.5, 0.6) is 0 Å². The number of sulfonamides is 1. The maximum atomic E-state index is 12.5. The number of anilines is 1. The lowest BCUT2D eigenvalue weighted by atomic mass is 10.1. The van der Waals surface area contributed by atoms with Gasteiger partial charge >= 0.3 is 0 Å². The van der Waals surface area contributed by atoms with Gasteiger partial charge in [0.1, 0.15) is 5.82 Å². The number of halogens is 1. The first kappa shape index (κ1) is 23.2. The summed E-state index contributed by atoms with van der Waals surface area (Å²) in [7, 11) is -3.57. The molecule has 0 aliphatic heterocycles. The van der Waals surface area contributed by atoms with Crippen LogP contribution in [0.3, 0.4) is 0 Å². The Hall–Kier alpha value is -3.53. The van der Waals surface area contributed by atoms with Crippen molar-refractivity contribution in [1.29, 1.82) is 0 Å². The lowest BCUT2D eigenvalue weighted by Crippen LogP contribution is -2.23. The summed E-state index contributed by atoms with van der Waals surface area (Å²) in [5.74, 6) is 0.801. The Morgan fingerprint density at radius 2 is 1.51 bits per heavy atom. The minimum absolute atomic E-state index is 0.203. The lowest BCUT2D eigenvalue weighted by Gasteiger charge is -2.12. The van der Waals surface area contributed by atoms with Crippen LogP contribution in [0.1, 0.15) is 11.1 Å². The van der Waals surface area contributed by atoms with Crippen LogP contribution in [-0.4, -0.2) is 23.0 Å². The van der Waals surface area contributed by atoms with E-state index in [1.807, 2.05) is 60.7 Å². The molecule has 0 spiro atoms. The molecule has 176 valence electrons. The van der Waals surface area contributed by atoms with Gasteiger partial charge in [-0.05, 0) is 39.2 Å². The highest BCUT2D eigenvalue weighted by Crippen LogP contribution is 2.26. The topological polar surface area (TPSA) is 88.4 Å². The van der Waals surface area contributed by atoms with Crippen molar-refractivity contribution >= 4 is 37.4 Å². The molecule has 0 unspecified atom stereocenters. The fourth-order valence-corrected chi connectivity index (χ4v) is 5.11. The molecule has 0 aliphatic carbocycles. The molecule has 0 radical (unpaired) electrons. The van der Waals surface area contributed by atoms with E-state index in [9.17, 15) is 8.42 Å². The Bertz CT molecular complexity index is 1570. The molecule has 0 bridgehead atoms. The summed E-state index contributed by atoms with van der Waals surface area (Å²) >= 11 is 3.53. The number of hydrogen-bond donors (Lipinski definition) is 2. The van der Waals surface area contributed by atoms with E-state index >= 15 is 0 Å². The molecule has 0 amide bonds. The summed E-state index contributed by atoms with van der Waals surface area (Å²) in [4.78, 5) is 5.00. The number of nitrogens with zero attached hydrogens (tertiary/aromatic N) is 3.